The SMILES string of the molecule is CC(C)(C)c1ccc(C(=O)Nc2ccc3c(c2)CN(C(=O)c2ccco2)CC3)cc1. The topological polar surface area (TPSA) is 62.6 Å². The molecule has 2 amide bonds. The smallest absolute Gasteiger partial charge is 0.289 e. The van der Waals surface area contributed by atoms with E-state index in [1.165, 1.54) is 17.4 Å². The number of rotatable bonds is 3. The van der Waals surface area contributed by atoms with Gasteiger partial charge in [0.15, 0.2) is 5.76 Å². The van der Waals surface area contributed by atoms with Gasteiger partial charge in [0, 0.05) is 24.3 Å². The Balaban J connectivity index is 1.47. The number of furan rings is 1. The molecule has 4 rings (SSSR count). The third-order valence-corrected chi connectivity index (χ3v) is 5.51. The largest absolute Gasteiger partial charge is 0.459 e. The molecular weight excluding hydrogens is 376 g/mol. The first-order valence-electron chi connectivity index (χ1n) is 10.2. The summed E-state index contributed by atoms with van der Waals surface area (Å²) in [6.07, 6.45) is 2.29. The summed E-state index contributed by atoms with van der Waals surface area (Å²) in [5.74, 6) is 0.0929. The van der Waals surface area contributed by atoms with Crippen LogP contribution in [0.4, 0.5) is 5.69 Å². The van der Waals surface area contributed by atoms with Gasteiger partial charge < -0.3 is 14.6 Å². The van der Waals surface area contributed by atoms with Crippen LogP contribution in [-0.4, -0.2) is 23.3 Å². The second-order valence-electron chi connectivity index (χ2n) is 8.72. The molecule has 3 aromatic rings. The number of hydrogen-bond donors (Lipinski definition) is 1. The van der Waals surface area contributed by atoms with Gasteiger partial charge in [-0.2, -0.15) is 0 Å². The first-order valence-corrected chi connectivity index (χ1v) is 10.2. The Morgan fingerprint density at radius 2 is 1.77 bits per heavy atom. The molecule has 5 nitrogen and oxygen atoms in total. The standard InChI is InChI=1S/C25H26N2O3/c1-25(2,3)20-9-6-18(7-10-20)23(28)26-21-11-8-17-12-13-27(16-19(17)15-21)24(29)22-5-4-14-30-22/h4-11,14-15H,12-13,16H2,1-3H3,(H,26,28). The number of nitrogens with zero attached hydrogens (tertiary/aromatic N) is 1. The highest BCUT2D eigenvalue weighted by Gasteiger charge is 2.24. The second-order valence-corrected chi connectivity index (χ2v) is 8.72. The summed E-state index contributed by atoms with van der Waals surface area (Å²) >= 11 is 0. The van der Waals surface area contributed by atoms with Crippen molar-refractivity contribution in [1.29, 1.82) is 0 Å². The van der Waals surface area contributed by atoms with Crippen LogP contribution in [0.2, 0.25) is 0 Å². The number of anilines is 1. The normalized spacial score (nSPS) is 13.6. The Kier molecular flexibility index (Phi) is 5.20. The fourth-order valence-electron chi connectivity index (χ4n) is 3.69. The zero-order chi connectivity index (χ0) is 21.3. The van der Waals surface area contributed by atoms with Crippen LogP contribution in [-0.2, 0) is 18.4 Å². The third kappa shape index (κ3) is 4.15. The molecular formula is C25H26N2O3. The number of amides is 2. The van der Waals surface area contributed by atoms with Crippen LogP contribution in [0.5, 0.6) is 0 Å². The summed E-state index contributed by atoms with van der Waals surface area (Å²) in [6, 6.07) is 17.0. The minimum Gasteiger partial charge on any atom is -0.459 e. The Bertz CT molecular complexity index is 1060. The number of carbonyl (C=O) groups is 2. The molecule has 0 fully saturated rings. The molecule has 0 radical (unpaired) electrons. The van der Waals surface area contributed by atoms with E-state index in [2.05, 4.69) is 26.1 Å². The summed E-state index contributed by atoms with van der Waals surface area (Å²) in [7, 11) is 0. The second kappa shape index (κ2) is 7.82. The fraction of sp³-hybridized carbons (Fsp3) is 0.280. The van der Waals surface area contributed by atoms with Gasteiger partial charge in [-0.3, -0.25) is 9.59 Å². The number of hydrogen-bond acceptors (Lipinski definition) is 3. The molecule has 2 aromatic carbocycles. The van der Waals surface area contributed by atoms with Crippen molar-refractivity contribution >= 4 is 17.5 Å². The van der Waals surface area contributed by atoms with Crippen molar-refractivity contribution in [3.63, 3.8) is 0 Å². The average molecular weight is 402 g/mol. The molecule has 1 N–H and O–H groups in total. The maximum Gasteiger partial charge on any atom is 0.289 e. The van der Waals surface area contributed by atoms with E-state index in [4.69, 9.17) is 4.42 Å². The molecule has 1 aliphatic rings. The highest BCUT2D eigenvalue weighted by atomic mass is 16.3. The number of fused-ring (bicyclic) bond motifs is 1. The van der Waals surface area contributed by atoms with E-state index in [0.717, 1.165) is 17.7 Å². The fourth-order valence-corrected chi connectivity index (χ4v) is 3.69. The van der Waals surface area contributed by atoms with E-state index in [0.29, 0.717) is 24.4 Å². The van der Waals surface area contributed by atoms with Crippen molar-refractivity contribution in [2.24, 2.45) is 0 Å². The van der Waals surface area contributed by atoms with Gasteiger partial charge in [-0.05, 0) is 64.9 Å². The van der Waals surface area contributed by atoms with Gasteiger partial charge >= 0.3 is 0 Å². The minimum absolute atomic E-state index is 0.0481. The van der Waals surface area contributed by atoms with Gasteiger partial charge in [-0.1, -0.05) is 39.0 Å². The van der Waals surface area contributed by atoms with E-state index >= 15 is 0 Å². The lowest BCUT2D eigenvalue weighted by atomic mass is 9.86. The number of nitrogens with one attached hydrogen (secondary N) is 1. The molecule has 154 valence electrons. The van der Waals surface area contributed by atoms with Crippen molar-refractivity contribution in [2.45, 2.75) is 39.2 Å². The molecule has 5 heteroatoms. The predicted molar refractivity (Wildman–Crippen MR) is 117 cm³/mol. The van der Waals surface area contributed by atoms with Crippen LogP contribution < -0.4 is 5.32 Å². The Hall–Kier alpha value is -3.34. The predicted octanol–water partition coefficient (Wildman–Crippen LogP) is 5.03. The highest BCUT2D eigenvalue weighted by Crippen LogP contribution is 2.25. The Morgan fingerprint density at radius 3 is 2.43 bits per heavy atom. The lowest BCUT2D eigenvalue weighted by molar-refractivity contribution is 0.0702. The summed E-state index contributed by atoms with van der Waals surface area (Å²) in [5, 5.41) is 2.98. The number of carbonyl (C=O) groups excluding carboxylic acids is 2. The van der Waals surface area contributed by atoms with Crippen LogP contribution >= 0.6 is 0 Å². The van der Waals surface area contributed by atoms with Crippen LogP contribution in [0.15, 0.2) is 65.3 Å². The molecule has 0 saturated carbocycles. The average Bonchev–Trinajstić information content (AvgIpc) is 3.27. The van der Waals surface area contributed by atoms with Crippen LogP contribution in [0.25, 0.3) is 0 Å². The molecule has 0 atom stereocenters. The van der Waals surface area contributed by atoms with Gasteiger partial charge in [0.05, 0.1) is 6.26 Å². The maximum atomic E-state index is 12.7. The van der Waals surface area contributed by atoms with Crippen molar-refractivity contribution in [3.8, 4) is 0 Å². The third-order valence-electron chi connectivity index (χ3n) is 5.51. The van der Waals surface area contributed by atoms with E-state index in [1.54, 1.807) is 17.0 Å². The van der Waals surface area contributed by atoms with Crippen molar-refractivity contribution in [2.75, 3.05) is 11.9 Å². The van der Waals surface area contributed by atoms with E-state index in [1.807, 2.05) is 42.5 Å². The summed E-state index contributed by atoms with van der Waals surface area (Å²) in [5.41, 5.74) is 4.83. The maximum absolute atomic E-state index is 12.7. The van der Waals surface area contributed by atoms with Gasteiger partial charge in [0.2, 0.25) is 0 Å². The van der Waals surface area contributed by atoms with Crippen LogP contribution in [0.1, 0.15) is 58.4 Å². The summed E-state index contributed by atoms with van der Waals surface area (Å²) in [4.78, 5) is 27.0. The first-order chi connectivity index (χ1) is 14.3. The van der Waals surface area contributed by atoms with Crippen molar-refractivity contribution in [3.05, 3.63) is 88.9 Å². The molecule has 0 saturated heterocycles. The quantitative estimate of drug-likeness (QED) is 0.668. The van der Waals surface area contributed by atoms with Crippen LogP contribution in [0.3, 0.4) is 0 Å². The zero-order valence-electron chi connectivity index (χ0n) is 17.6. The minimum atomic E-state index is -0.144. The van der Waals surface area contributed by atoms with Gasteiger partial charge in [0.25, 0.3) is 11.8 Å². The van der Waals surface area contributed by atoms with Gasteiger partial charge in [-0.25, -0.2) is 0 Å². The van der Waals surface area contributed by atoms with Crippen molar-refractivity contribution < 1.29 is 14.0 Å². The molecule has 1 aromatic heterocycles. The monoisotopic (exact) mass is 402 g/mol. The number of benzene rings is 2. The van der Waals surface area contributed by atoms with Crippen LogP contribution in [0, 0.1) is 0 Å². The lowest BCUT2D eigenvalue weighted by Gasteiger charge is -2.28. The zero-order valence-corrected chi connectivity index (χ0v) is 17.6. The first kappa shape index (κ1) is 20.0. The molecule has 30 heavy (non-hydrogen) atoms. The highest BCUT2D eigenvalue weighted by molar-refractivity contribution is 6.04. The molecule has 0 spiro atoms. The lowest BCUT2D eigenvalue weighted by Crippen LogP contribution is -2.35. The Morgan fingerprint density at radius 1 is 1.00 bits per heavy atom. The summed E-state index contributed by atoms with van der Waals surface area (Å²) in [6.45, 7) is 7.59. The molecule has 0 bridgehead atoms. The molecule has 1 aliphatic heterocycles. The van der Waals surface area contributed by atoms with Gasteiger partial charge in [0.1, 0.15) is 0 Å². The summed E-state index contributed by atoms with van der Waals surface area (Å²) < 4.78 is 5.24. The van der Waals surface area contributed by atoms with E-state index in [-0.39, 0.29) is 17.2 Å². The van der Waals surface area contributed by atoms with Crippen molar-refractivity contribution in [1.82, 2.24) is 4.90 Å². The Labute approximate surface area is 176 Å². The molecule has 0 aliphatic carbocycles. The molecule has 0 unspecified atom stereocenters. The van der Waals surface area contributed by atoms with E-state index < -0.39 is 0 Å². The van der Waals surface area contributed by atoms with Gasteiger partial charge in [-0.15, -0.1) is 0 Å². The van der Waals surface area contributed by atoms with E-state index in [9.17, 15) is 9.59 Å². The molecule has 2 heterocycles.